The SMILES string of the molecule is Cc1cc(O)c(C(=O)Nc2ccc(C(F)(F)F)cc2)cc1Cl. The van der Waals surface area contributed by atoms with Crippen LogP contribution in [0.5, 0.6) is 5.75 Å². The van der Waals surface area contributed by atoms with Crippen LogP contribution in [0.2, 0.25) is 5.02 Å². The van der Waals surface area contributed by atoms with Crippen molar-refractivity contribution in [2.24, 2.45) is 0 Å². The van der Waals surface area contributed by atoms with E-state index in [9.17, 15) is 23.1 Å². The van der Waals surface area contributed by atoms with E-state index in [1.54, 1.807) is 6.92 Å². The molecule has 1 amide bonds. The number of aryl methyl sites for hydroxylation is 1. The molecule has 7 heteroatoms. The fraction of sp³-hybridized carbons (Fsp3) is 0.133. The molecule has 0 unspecified atom stereocenters. The lowest BCUT2D eigenvalue weighted by Gasteiger charge is -2.10. The van der Waals surface area contributed by atoms with Crippen molar-refractivity contribution in [3.8, 4) is 5.75 Å². The standard InChI is InChI=1S/C15H11ClF3NO2/c1-8-6-13(21)11(7-12(8)16)14(22)20-10-4-2-9(3-5-10)15(17,18)19/h2-7,21H,1H3,(H,20,22). The van der Waals surface area contributed by atoms with Gasteiger partial charge in [-0.1, -0.05) is 11.6 Å². The zero-order valence-electron chi connectivity index (χ0n) is 11.3. The second kappa shape index (κ2) is 5.88. The lowest BCUT2D eigenvalue weighted by molar-refractivity contribution is -0.137. The molecule has 0 spiro atoms. The van der Waals surface area contributed by atoms with Gasteiger partial charge in [0.25, 0.3) is 5.91 Å². The lowest BCUT2D eigenvalue weighted by Crippen LogP contribution is -2.13. The number of carbonyl (C=O) groups is 1. The molecule has 0 atom stereocenters. The molecule has 116 valence electrons. The van der Waals surface area contributed by atoms with Gasteiger partial charge >= 0.3 is 6.18 Å². The first-order valence-electron chi connectivity index (χ1n) is 6.16. The molecule has 2 N–H and O–H groups in total. The molecule has 22 heavy (non-hydrogen) atoms. The zero-order chi connectivity index (χ0) is 16.5. The molecule has 2 rings (SSSR count). The summed E-state index contributed by atoms with van der Waals surface area (Å²) in [6.07, 6.45) is -4.44. The number of carbonyl (C=O) groups excluding carboxylic acids is 1. The summed E-state index contributed by atoms with van der Waals surface area (Å²) in [7, 11) is 0. The summed E-state index contributed by atoms with van der Waals surface area (Å²) in [4.78, 5) is 12.0. The molecule has 0 aliphatic carbocycles. The fourth-order valence-electron chi connectivity index (χ4n) is 1.79. The van der Waals surface area contributed by atoms with Crippen LogP contribution >= 0.6 is 11.6 Å². The number of aromatic hydroxyl groups is 1. The lowest BCUT2D eigenvalue weighted by atomic mass is 10.1. The third-order valence-corrected chi connectivity index (χ3v) is 3.40. The van der Waals surface area contributed by atoms with E-state index >= 15 is 0 Å². The molecule has 3 nitrogen and oxygen atoms in total. The number of hydrogen-bond acceptors (Lipinski definition) is 2. The van der Waals surface area contributed by atoms with Crippen LogP contribution in [0.3, 0.4) is 0 Å². The summed E-state index contributed by atoms with van der Waals surface area (Å²) < 4.78 is 37.3. The van der Waals surface area contributed by atoms with E-state index in [4.69, 9.17) is 11.6 Å². The smallest absolute Gasteiger partial charge is 0.416 e. The van der Waals surface area contributed by atoms with Crippen LogP contribution in [0.15, 0.2) is 36.4 Å². The number of benzene rings is 2. The maximum absolute atomic E-state index is 12.4. The molecular weight excluding hydrogens is 319 g/mol. The van der Waals surface area contributed by atoms with Crippen LogP contribution in [0.1, 0.15) is 21.5 Å². The minimum absolute atomic E-state index is 0.0597. The highest BCUT2D eigenvalue weighted by Crippen LogP contribution is 2.30. The van der Waals surface area contributed by atoms with E-state index in [1.165, 1.54) is 12.1 Å². The second-order valence-electron chi connectivity index (χ2n) is 4.65. The molecule has 0 aliphatic rings. The number of hydrogen-bond donors (Lipinski definition) is 2. The summed E-state index contributed by atoms with van der Waals surface area (Å²) in [5.41, 5.74) is -0.0958. The summed E-state index contributed by atoms with van der Waals surface area (Å²) >= 11 is 5.89. The van der Waals surface area contributed by atoms with Crippen molar-refractivity contribution in [2.45, 2.75) is 13.1 Å². The number of phenolic OH excluding ortho intramolecular Hbond substituents is 1. The van der Waals surface area contributed by atoms with Gasteiger partial charge in [0.2, 0.25) is 0 Å². The van der Waals surface area contributed by atoms with E-state index in [0.29, 0.717) is 10.6 Å². The molecule has 0 saturated heterocycles. The van der Waals surface area contributed by atoms with Crippen LogP contribution in [-0.2, 0) is 6.18 Å². The molecule has 0 bridgehead atoms. The molecular formula is C15H11ClF3NO2. The Bertz CT molecular complexity index is 712. The highest BCUT2D eigenvalue weighted by molar-refractivity contribution is 6.32. The van der Waals surface area contributed by atoms with Crippen molar-refractivity contribution in [3.05, 3.63) is 58.1 Å². The Morgan fingerprint density at radius 2 is 1.77 bits per heavy atom. The van der Waals surface area contributed by atoms with Crippen LogP contribution < -0.4 is 5.32 Å². The van der Waals surface area contributed by atoms with E-state index in [2.05, 4.69) is 5.32 Å². The molecule has 2 aromatic rings. The maximum Gasteiger partial charge on any atom is 0.416 e. The average Bonchev–Trinajstić information content (AvgIpc) is 2.42. The Hall–Kier alpha value is -2.21. The van der Waals surface area contributed by atoms with Crippen LogP contribution in [0.4, 0.5) is 18.9 Å². The number of rotatable bonds is 2. The van der Waals surface area contributed by atoms with Crippen molar-refractivity contribution < 1.29 is 23.1 Å². The van der Waals surface area contributed by atoms with Gasteiger partial charge in [0, 0.05) is 10.7 Å². The first kappa shape index (κ1) is 16.2. The van der Waals surface area contributed by atoms with Crippen LogP contribution in [0.25, 0.3) is 0 Å². The predicted molar refractivity (Wildman–Crippen MR) is 77.3 cm³/mol. The number of amides is 1. The third kappa shape index (κ3) is 3.51. The number of anilines is 1. The van der Waals surface area contributed by atoms with Gasteiger partial charge in [0.05, 0.1) is 11.1 Å². The Labute approximate surface area is 129 Å². The number of halogens is 4. The Morgan fingerprint density at radius 1 is 1.18 bits per heavy atom. The second-order valence-corrected chi connectivity index (χ2v) is 5.05. The zero-order valence-corrected chi connectivity index (χ0v) is 12.1. The normalized spacial score (nSPS) is 11.3. The average molecular weight is 330 g/mol. The van der Waals surface area contributed by atoms with Crippen molar-refractivity contribution in [2.75, 3.05) is 5.32 Å². The van der Waals surface area contributed by atoms with Gasteiger partial charge in [0.1, 0.15) is 5.75 Å². The van der Waals surface area contributed by atoms with E-state index < -0.39 is 17.6 Å². The number of alkyl halides is 3. The quantitative estimate of drug-likeness (QED) is 0.844. The summed E-state index contributed by atoms with van der Waals surface area (Å²) in [6, 6.07) is 6.62. The van der Waals surface area contributed by atoms with Gasteiger partial charge in [-0.2, -0.15) is 13.2 Å². The minimum Gasteiger partial charge on any atom is -0.507 e. The number of nitrogens with one attached hydrogen (secondary N) is 1. The third-order valence-electron chi connectivity index (χ3n) is 2.99. The molecule has 0 heterocycles. The Balaban J connectivity index is 2.21. The molecule has 0 fully saturated rings. The van der Waals surface area contributed by atoms with Gasteiger partial charge in [0.15, 0.2) is 0 Å². The number of phenols is 1. The van der Waals surface area contributed by atoms with Crippen molar-refractivity contribution >= 4 is 23.2 Å². The Morgan fingerprint density at radius 3 is 2.32 bits per heavy atom. The van der Waals surface area contributed by atoms with Crippen LogP contribution in [0, 0.1) is 6.92 Å². The van der Waals surface area contributed by atoms with Crippen molar-refractivity contribution in [1.82, 2.24) is 0 Å². The summed E-state index contributed by atoms with van der Waals surface area (Å²) in [5, 5.41) is 12.4. The maximum atomic E-state index is 12.4. The molecule has 2 aromatic carbocycles. The molecule has 0 radical (unpaired) electrons. The summed E-state index contributed by atoms with van der Waals surface area (Å²) in [5.74, 6) is -0.925. The highest BCUT2D eigenvalue weighted by atomic mass is 35.5. The molecule has 0 saturated carbocycles. The fourth-order valence-corrected chi connectivity index (χ4v) is 1.95. The Kier molecular flexibility index (Phi) is 4.32. The first-order valence-corrected chi connectivity index (χ1v) is 6.54. The predicted octanol–water partition coefficient (Wildman–Crippen LogP) is 4.63. The highest BCUT2D eigenvalue weighted by Gasteiger charge is 2.30. The van der Waals surface area contributed by atoms with Gasteiger partial charge in [-0.15, -0.1) is 0 Å². The van der Waals surface area contributed by atoms with E-state index in [1.807, 2.05) is 0 Å². The van der Waals surface area contributed by atoms with Gasteiger partial charge in [-0.25, -0.2) is 0 Å². The van der Waals surface area contributed by atoms with Gasteiger partial charge in [-0.05, 0) is 48.9 Å². The van der Waals surface area contributed by atoms with Crippen LogP contribution in [-0.4, -0.2) is 11.0 Å². The topological polar surface area (TPSA) is 49.3 Å². The largest absolute Gasteiger partial charge is 0.507 e. The first-order chi connectivity index (χ1) is 10.2. The molecule has 0 aromatic heterocycles. The van der Waals surface area contributed by atoms with E-state index in [-0.39, 0.29) is 17.0 Å². The molecule has 0 aliphatic heterocycles. The van der Waals surface area contributed by atoms with Gasteiger partial charge < -0.3 is 10.4 Å². The van der Waals surface area contributed by atoms with Crippen molar-refractivity contribution in [1.29, 1.82) is 0 Å². The minimum atomic E-state index is -4.44. The monoisotopic (exact) mass is 329 g/mol. The summed E-state index contributed by atoms with van der Waals surface area (Å²) in [6.45, 7) is 1.67. The van der Waals surface area contributed by atoms with Crippen molar-refractivity contribution in [3.63, 3.8) is 0 Å². The van der Waals surface area contributed by atoms with Gasteiger partial charge in [-0.3, -0.25) is 4.79 Å². The van der Waals surface area contributed by atoms with E-state index in [0.717, 1.165) is 24.3 Å².